The second kappa shape index (κ2) is 4.60. The van der Waals surface area contributed by atoms with Crippen LogP contribution >= 0.6 is 0 Å². The highest BCUT2D eigenvalue weighted by Gasteiger charge is 2.19. The molecule has 0 aliphatic carbocycles. The number of ketones is 1. The lowest BCUT2D eigenvalue weighted by atomic mass is 10.0. The fraction of sp³-hybridized carbons (Fsp3) is 0.727. The second-order valence-corrected chi connectivity index (χ2v) is 4.03. The summed E-state index contributed by atoms with van der Waals surface area (Å²) in [5.74, 6) is 1.49. The lowest BCUT2D eigenvalue weighted by molar-refractivity contribution is -0.118. The molecule has 1 saturated heterocycles. The topological polar surface area (TPSA) is 38.3 Å². The number of nitrogens with one attached hydrogen (secondary N) is 1. The predicted octanol–water partition coefficient (Wildman–Crippen LogP) is 1.25. The van der Waals surface area contributed by atoms with E-state index in [1.54, 1.807) is 0 Å². The van der Waals surface area contributed by atoms with Crippen molar-refractivity contribution in [2.45, 2.75) is 25.7 Å². The summed E-state index contributed by atoms with van der Waals surface area (Å²) in [6.45, 7) is 2.87. The van der Waals surface area contributed by atoms with Crippen LogP contribution in [0.4, 0.5) is 0 Å². The summed E-state index contributed by atoms with van der Waals surface area (Å²) < 4.78 is 5.23. The zero-order valence-electron chi connectivity index (χ0n) is 8.42. The molecule has 1 unspecified atom stereocenters. The highest BCUT2D eigenvalue weighted by atomic mass is 16.5. The Bertz CT molecular complexity index is 242. The Kier molecular flexibility index (Phi) is 3.19. The van der Waals surface area contributed by atoms with Crippen molar-refractivity contribution in [3.8, 4) is 0 Å². The first-order valence-corrected chi connectivity index (χ1v) is 5.43. The van der Waals surface area contributed by atoms with Gasteiger partial charge in [-0.25, -0.2) is 0 Å². The van der Waals surface area contributed by atoms with Crippen molar-refractivity contribution in [1.29, 1.82) is 0 Å². The van der Waals surface area contributed by atoms with E-state index in [4.69, 9.17) is 4.74 Å². The molecule has 0 aromatic carbocycles. The Morgan fingerprint density at radius 1 is 1.64 bits per heavy atom. The molecule has 0 radical (unpaired) electrons. The van der Waals surface area contributed by atoms with Gasteiger partial charge in [-0.2, -0.15) is 0 Å². The van der Waals surface area contributed by atoms with E-state index in [0.29, 0.717) is 24.7 Å². The van der Waals surface area contributed by atoms with E-state index in [0.717, 1.165) is 25.9 Å². The van der Waals surface area contributed by atoms with Gasteiger partial charge in [-0.15, -0.1) is 0 Å². The number of rotatable bonds is 4. The van der Waals surface area contributed by atoms with Crippen LogP contribution in [-0.2, 0) is 9.53 Å². The summed E-state index contributed by atoms with van der Waals surface area (Å²) >= 11 is 0. The Labute approximate surface area is 84.5 Å². The van der Waals surface area contributed by atoms with E-state index >= 15 is 0 Å². The minimum Gasteiger partial charge on any atom is -0.490 e. The summed E-state index contributed by atoms with van der Waals surface area (Å²) in [6.07, 6.45) is 5.68. The Balaban J connectivity index is 1.71. The zero-order valence-corrected chi connectivity index (χ0v) is 8.42. The van der Waals surface area contributed by atoms with Gasteiger partial charge >= 0.3 is 0 Å². The number of hydrogen-bond acceptors (Lipinski definition) is 3. The molecule has 0 amide bonds. The fourth-order valence-electron chi connectivity index (χ4n) is 2.03. The van der Waals surface area contributed by atoms with Crippen LogP contribution in [-0.4, -0.2) is 25.5 Å². The average Bonchev–Trinajstić information content (AvgIpc) is 2.87. The molecule has 3 heteroatoms. The predicted molar refractivity (Wildman–Crippen MR) is 53.9 cm³/mol. The highest BCUT2D eigenvalue weighted by Crippen LogP contribution is 2.18. The van der Waals surface area contributed by atoms with Gasteiger partial charge in [0.2, 0.25) is 0 Å². The summed E-state index contributed by atoms with van der Waals surface area (Å²) in [6, 6.07) is 0. The van der Waals surface area contributed by atoms with Gasteiger partial charge in [-0.05, 0) is 37.9 Å². The fourth-order valence-corrected chi connectivity index (χ4v) is 2.03. The number of ether oxygens (including phenoxy) is 1. The molecule has 1 fully saturated rings. The maximum atomic E-state index is 11.6. The van der Waals surface area contributed by atoms with Crippen molar-refractivity contribution < 1.29 is 9.53 Å². The van der Waals surface area contributed by atoms with Gasteiger partial charge < -0.3 is 10.1 Å². The molecule has 0 bridgehead atoms. The molecule has 1 N–H and O–H groups in total. The molecule has 14 heavy (non-hydrogen) atoms. The van der Waals surface area contributed by atoms with Crippen LogP contribution in [0.5, 0.6) is 0 Å². The second-order valence-electron chi connectivity index (χ2n) is 4.03. The van der Waals surface area contributed by atoms with Gasteiger partial charge in [-0.3, -0.25) is 4.79 Å². The Morgan fingerprint density at radius 3 is 3.21 bits per heavy atom. The standard InChI is InChI=1S/C11H17NO2/c13-10(11-2-1-7-14-11)4-3-9-5-6-12-8-9/h2,9,12H,1,3-8H2. The summed E-state index contributed by atoms with van der Waals surface area (Å²) in [5.41, 5.74) is 0. The van der Waals surface area contributed by atoms with Gasteiger partial charge in [-0.1, -0.05) is 0 Å². The van der Waals surface area contributed by atoms with Crippen LogP contribution < -0.4 is 5.32 Å². The average molecular weight is 195 g/mol. The molecular formula is C11H17NO2. The first-order chi connectivity index (χ1) is 6.86. The molecule has 2 heterocycles. The van der Waals surface area contributed by atoms with Gasteiger partial charge in [0.25, 0.3) is 0 Å². The molecule has 2 rings (SSSR count). The van der Waals surface area contributed by atoms with Crippen LogP contribution in [0.3, 0.4) is 0 Å². The number of carbonyl (C=O) groups excluding carboxylic acids is 1. The largest absolute Gasteiger partial charge is 0.490 e. The molecule has 3 nitrogen and oxygen atoms in total. The molecule has 0 spiro atoms. The maximum Gasteiger partial charge on any atom is 0.197 e. The number of carbonyl (C=O) groups is 1. The van der Waals surface area contributed by atoms with E-state index in [-0.39, 0.29) is 5.78 Å². The van der Waals surface area contributed by atoms with Gasteiger partial charge in [0.1, 0.15) is 0 Å². The zero-order chi connectivity index (χ0) is 9.80. The summed E-state index contributed by atoms with van der Waals surface area (Å²) in [5, 5.41) is 3.31. The summed E-state index contributed by atoms with van der Waals surface area (Å²) in [7, 11) is 0. The van der Waals surface area contributed by atoms with Crippen molar-refractivity contribution in [3.63, 3.8) is 0 Å². The van der Waals surface area contributed by atoms with E-state index < -0.39 is 0 Å². The number of Topliss-reactive ketones (excluding diaryl/α,β-unsaturated/α-hetero) is 1. The van der Waals surface area contributed by atoms with Crippen LogP contribution in [0.2, 0.25) is 0 Å². The first kappa shape index (κ1) is 9.71. The summed E-state index contributed by atoms with van der Waals surface area (Å²) in [4.78, 5) is 11.6. The molecule has 0 aromatic rings. The maximum absolute atomic E-state index is 11.6. The lowest BCUT2D eigenvalue weighted by Crippen LogP contribution is -2.11. The van der Waals surface area contributed by atoms with E-state index in [1.165, 1.54) is 6.42 Å². The third kappa shape index (κ3) is 2.35. The van der Waals surface area contributed by atoms with Crippen LogP contribution in [0.1, 0.15) is 25.7 Å². The van der Waals surface area contributed by atoms with E-state index in [1.807, 2.05) is 6.08 Å². The normalized spacial score (nSPS) is 26.0. The van der Waals surface area contributed by atoms with Gasteiger partial charge in [0.05, 0.1) is 6.61 Å². The molecule has 0 saturated carbocycles. The third-order valence-corrected chi connectivity index (χ3v) is 2.92. The van der Waals surface area contributed by atoms with Gasteiger partial charge in [0.15, 0.2) is 11.5 Å². The number of allylic oxidation sites excluding steroid dienone is 1. The molecule has 78 valence electrons. The molecule has 2 aliphatic rings. The van der Waals surface area contributed by atoms with Crippen molar-refractivity contribution in [3.05, 3.63) is 11.8 Å². The smallest absolute Gasteiger partial charge is 0.197 e. The first-order valence-electron chi connectivity index (χ1n) is 5.43. The van der Waals surface area contributed by atoms with Crippen LogP contribution in [0.15, 0.2) is 11.8 Å². The van der Waals surface area contributed by atoms with E-state index in [9.17, 15) is 4.79 Å². The molecule has 2 aliphatic heterocycles. The third-order valence-electron chi connectivity index (χ3n) is 2.92. The van der Waals surface area contributed by atoms with Crippen molar-refractivity contribution in [2.24, 2.45) is 5.92 Å². The molecule has 1 atom stereocenters. The monoisotopic (exact) mass is 195 g/mol. The molecular weight excluding hydrogens is 178 g/mol. The van der Waals surface area contributed by atoms with Crippen LogP contribution in [0.25, 0.3) is 0 Å². The lowest BCUT2D eigenvalue weighted by Gasteiger charge is -2.07. The number of hydrogen-bond donors (Lipinski definition) is 1. The highest BCUT2D eigenvalue weighted by molar-refractivity contribution is 5.93. The minimum absolute atomic E-state index is 0.189. The van der Waals surface area contributed by atoms with E-state index in [2.05, 4.69) is 5.32 Å². The SMILES string of the molecule is O=C(CCC1CCNC1)C1=CCCO1. The minimum atomic E-state index is 0.189. The van der Waals surface area contributed by atoms with Crippen molar-refractivity contribution in [2.75, 3.05) is 19.7 Å². The van der Waals surface area contributed by atoms with Crippen LogP contribution in [0, 0.1) is 5.92 Å². The quantitative estimate of drug-likeness (QED) is 0.733. The molecule has 0 aromatic heterocycles. The van der Waals surface area contributed by atoms with Crippen molar-refractivity contribution >= 4 is 5.78 Å². The Hall–Kier alpha value is -0.830. The van der Waals surface area contributed by atoms with Gasteiger partial charge in [0, 0.05) is 12.8 Å². The Morgan fingerprint density at radius 2 is 2.57 bits per heavy atom. The van der Waals surface area contributed by atoms with Crippen molar-refractivity contribution in [1.82, 2.24) is 5.32 Å².